The molecule has 0 bridgehead atoms. The molecule has 3 rings (SSSR count). The summed E-state index contributed by atoms with van der Waals surface area (Å²) in [4.78, 5) is 16.7. The van der Waals surface area contributed by atoms with Crippen LogP contribution in [0, 0.1) is 6.92 Å². The van der Waals surface area contributed by atoms with Crippen LogP contribution >= 0.6 is 15.9 Å². The number of pyridine rings is 1. The van der Waals surface area contributed by atoms with E-state index in [4.69, 9.17) is 0 Å². The minimum absolute atomic E-state index is 0.129. The third-order valence-corrected chi connectivity index (χ3v) is 3.66. The summed E-state index contributed by atoms with van der Waals surface area (Å²) >= 11 is 3.42. The predicted molar refractivity (Wildman–Crippen MR) is 88.6 cm³/mol. The van der Waals surface area contributed by atoms with Crippen molar-refractivity contribution < 1.29 is 4.79 Å². The molecule has 21 heavy (non-hydrogen) atoms. The van der Waals surface area contributed by atoms with Crippen LogP contribution in [0.2, 0.25) is 0 Å². The second kappa shape index (κ2) is 5.66. The lowest BCUT2D eigenvalue weighted by atomic mass is 10.1. The first-order valence-electron chi connectivity index (χ1n) is 6.56. The number of amides is 1. The number of carbonyl (C=O) groups excluding carboxylic acids is 1. The Kier molecular flexibility index (Phi) is 3.71. The Labute approximate surface area is 131 Å². The number of halogens is 1. The number of hydrogen-bond acceptors (Lipinski definition) is 2. The molecule has 0 saturated carbocycles. The maximum atomic E-state index is 12.4. The van der Waals surface area contributed by atoms with E-state index in [1.165, 1.54) is 0 Å². The van der Waals surface area contributed by atoms with E-state index >= 15 is 0 Å². The van der Waals surface area contributed by atoms with E-state index in [1.54, 1.807) is 6.20 Å². The minimum Gasteiger partial charge on any atom is -0.321 e. The highest BCUT2D eigenvalue weighted by Crippen LogP contribution is 2.23. The molecule has 1 aromatic heterocycles. The van der Waals surface area contributed by atoms with Crippen molar-refractivity contribution in [2.45, 2.75) is 6.92 Å². The van der Waals surface area contributed by atoms with Gasteiger partial charge in [-0.1, -0.05) is 22.0 Å². The zero-order valence-corrected chi connectivity index (χ0v) is 13.0. The molecule has 1 heterocycles. The Balaban J connectivity index is 1.96. The molecule has 0 aliphatic heterocycles. The third-order valence-electron chi connectivity index (χ3n) is 3.20. The number of nitrogens with one attached hydrogen (secondary N) is 1. The highest BCUT2D eigenvalue weighted by Gasteiger charge is 2.09. The van der Waals surface area contributed by atoms with Gasteiger partial charge in [0.1, 0.15) is 0 Å². The molecule has 0 aliphatic carbocycles. The molecule has 0 radical (unpaired) electrons. The Morgan fingerprint density at radius 1 is 1.14 bits per heavy atom. The van der Waals surface area contributed by atoms with Crippen LogP contribution in [0.15, 0.2) is 59.2 Å². The molecule has 0 spiro atoms. The van der Waals surface area contributed by atoms with E-state index < -0.39 is 0 Å². The van der Waals surface area contributed by atoms with Gasteiger partial charge in [-0.25, -0.2) is 0 Å². The van der Waals surface area contributed by atoms with Gasteiger partial charge in [0.15, 0.2) is 0 Å². The molecule has 0 unspecified atom stereocenters. The fourth-order valence-corrected chi connectivity index (χ4v) is 2.88. The topological polar surface area (TPSA) is 42.0 Å². The van der Waals surface area contributed by atoms with Crippen LogP contribution in [-0.2, 0) is 0 Å². The summed E-state index contributed by atoms with van der Waals surface area (Å²) in [5.41, 5.74) is 3.29. The fraction of sp³-hybridized carbons (Fsp3) is 0.0588. The lowest BCUT2D eigenvalue weighted by Gasteiger charge is -2.09. The normalized spacial score (nSPS) is 10.6. The number of fused-ring (bicyclic) bond motifs is 1. The number of rotatable bonds is 2. The van der Waals surface area contributed by atoms with Gasteiger partial charge in [0.25, 0.3) is 5.91 Å². The highest BCUT2D eigenvalue weighted by atomic mass is 79.9. The lowest BCUT2D eigenvalue weighted by molar-refractivity contribution is 0.102. The summed E-state index contributed by atoms with van der Waals surface area (Å²) < 4.78 is 0.896. The van der Waals surface area contributed by atoms with Crippen LogP contribution in [0.3, 0.4) is 0 Å². The molecule has 104 valence electrons. The first-order chi connectivity index (χ1) is 10.1. The van der Waals surface area contributed by atoms with E-state index in [1.807, 2.05) is 55.5 Å². The maximum Gasteiger partial charge on any atom is 0.255 e. The first-order valence-corrected chi connectivity index (χ1v) is 7.35. The molecule has 3 nitrogen and oxygen atoms in total. The minimum atomic E-state index is -0.129. The monoisotopic (exact) mass is 340 g/mol. The van der Waals surface area contributed by atoms with E-state index in [9.17, 15) is 4.79 Å². The lowest BCUT2D eigenvalue weighted by Crippen LogP contribution is -2.12. The zero-order chi connectivity index (χ0) is 14.8. The number of aromatic nitrogens is 1. The van der Waals surface area contributed by atoms with Crippen molar-refractivity contribution in [2.24, 2.45) is 0 Å². The van der Waals surface area contributed by atoms with Crippen molar-refractivity contribution in [1.82, 2.24) is 4.98 Å². The van der Waals surface area contributed by atoms with Crippen LogP contribution in [0.4, 0.5) is 5.69 Å². The third kappa shape index (κ3) is 2.95. The van der Waals surface area contributed by atoms with Crippen LogP contribution < -0.4 is 5.32 Å². The summed E-state index contributed by atoms with van der Waals surface area (Å²) in [6.45, 7) is 1.96. The number of benzene rings is 2. The molecule has 0 fully saturated rings. The number of aryl methyl sites for hydroxylation is 1. The second-order valence-electron chi connectivity index (χ2n) is 4.85. The Morgan fingerprint density at radius 2 is 2.00 bits per heavy atom. The number of carbonyl (C=O) groups is 1. The van der Waals surface area contributed by atoms with Gasteiger partial charge < -0.3 is 5.32 Å². The summed E-state index contributed by atoms with van der Waals surface area (Å²) in [5, 5.41) is 3.89. The molecule has 0 aliphatic rings. The smallest absolute Gasteiger partial charge is 0.255 e. The quantitative estimate of drug-likeness (QED) is 0.743. The van der Waals surface area contributed by atoms with Crippen LogP contribution in [-0.4, -0.2) is 10.9 Å². The van der Waals surface area contributed by atoms with Gasteiger partial charge in [-0.3, -0.25) is 9.78 Å². The van der Waals surface area contributed by atoms with Crippen molar-refractivity contribution in [3.63, 3.8) is 0 Å². The molecule has 0 saturated heterocycles. The van der Waals surface area contributed by atoms with E-state index in [0.29, 0.717) is 5.56 Å². The highest BCUT2D eigenvalue weighted by molar-refractivity contribution is 9.10. The van der Waals surface area contributed by atoms with Crippen molar-refractivity contribution in [1.29, 1.82) is 0 Å². The van der Waals surface area contributed by atoms with E-state index in [0.717, 1.165) is 26.6 Å². The average molecular weight is 341 g/mol. The van der Waals surface area contributed by atoms with Crippen LogP contribution in [0.5, 0.6) is 0 Å². The molecule has 4 heteroatoms. The fourth-order valence-electron chi connectivity index (χ4n) is 2.27. The predicted octanol–water partition coefficient (Wildman–Crippen LogP) is 4.56. The van der Waals surface area contributed by atoms with Gasteiger partial charge in [-0.2, -0.15) is 0 Å². The van der Waals surface area contributed by atoms with Gasteiger partial charge in [0.2, 0.25) is 0 Å². The van der Waals surface area contributed by atoms with Gasteiger partial charge in [0, 0.05) is 21.6 Å². The molecule has 3 aromatic rings. The van der Waals surface area contributed by atoms with Gasteiger partial charge in [-0.05, 0) is 55.0 Å². The largest absolute Gasteiger partial charge is 0.321 e. The number of anilines is 1. The number of nitrogens with zero attached hydrogens (tertiary/aromatic N) is 1. The van der Waals surface area contributed by atoms with E-state index in [-0.39, 0.29) is 5.91 Å². The van der Waals surface area contributed by atoms with Crippen molar-refractivity contribution in [3.05, 3.63) is 70.3 Å². The SMILES string of the molecule is Cc1cc(Br)cc(C(=O)Nc2cccc3ncccc23)c1. The van der Waals surface area contributed by atoms with Crippen LogP contribution in [0.25, 0.3) is 10.9 Å². The molecule has 2 aromatic carbocycles. The van der Waals surface area contributed by atoms with Crippen molar-refractivity contribution >= 4 is 38.4 Å². The summed E-state index contributed by atoms with van der Waals surface area (Å²) in [7, 11) is 0. The molecule has 1 N–H and O–H groups in total. The van der Waals surface area contributed by atoms with Crippen LogP contribution in [0.1, 0.15) is 15.9 Å². The Bertz CT molecular complexity index is 804. The van der Waals surface area contributed by atoms with Gasteiger partial charge >= 0.3 is 0 Å². The molecular formula is C17H13BrN2O. The Morgan fingerprint density at radius 3 is 2.81 bits per heavy atom. The molecule has 1 amide bonds. The van der Waals surface area contributed by atoms with Crippen molar-refractivity contribution in [2.75, 3.05) is 5.32 Å². The first kappa shape index (κ1) is 13.8. The molecular weight excluding hydrogens is 328 g/mol. The maximum absolute atomic E-state index is 12.4. The van der Waals surface area contributed by atoms with Gasteiger partial charge in [0.05, 0.1) is 11.2 Å². The molecule has 0 atom stereocenters. The summed E-state index contributed by atoms with van der Waals surface area (Å²) in [6.07, 6.45) is 1.74. The van der Waals surface area contributed by atoms with Gasteiger partial charge in [-0.15, -0.1) is 0 Å². The van der Waals surface area contributed by atoms with Crippen molar-refractivity contribution in [3.8, 4) is 0 Å². The Hall–Kier alpha value is -2.20. The van der Waals surface area contributed by atoms with E-state index in [2.05, 4.69) is 26.2 Å². The average Bonchev–Trinajstić information content (AvgIpc) is 2.46. The number of hydrogen-bond donors (Lipinski definition) is 1. The zero-order valence-electron chi connectivity index (χ0n) is 11.4. The second-order valence-corrected chi connectivity index (χ2v) is 5.76. The standard InChI is InChI=1S/C17H13BrN2O/c1-11-8-12(10-13(18)9-11)17(21)20-16-6-2-5-15-14(16)4-3-7-19-15/h2-10H,1H3,(H,20,21). The summed E-state index contributed by atoms with van der Waals surface area (Å²) in [6, 6.07) is 15.2. The summed E-state index contributed by atoms with van der Waals surface area (Å²) in [5.74, 6) is -0.129.